The van der Waals surface area contributed by atoms with Gasteiger partial charge in [-0.1, -0.05) is 30.8 Å². The Hall–Kier alpha value is -2.75. The Balaban J connectivity index is 0.000000758. The summed E-state index contributed by atoms with van der Waals surface area (Å²) in [6.07, 6.45) is -4.39. The summed E-state index contributed by atoms with van der Waals surface area (Å²) < 4.78 is 43.9. The van der Waals surface area contributed by atoms with Gasteiger partial charge in [-0.2, -0.15) is 18.2 Å². The van der Waals surface area contributed by atoms with Crippen molar-refractivity contribution in [2.24, 2.45) is 0 Å². The molecule has 0 spiro atoms. The molecule has 1 aromatic carbocycles. The number of furan rings is 1. The summed E-state index contributed by atoms with van der Waals surface area (Å²) in [7, 11) is 0. The van der Waals surface area contributed by atoms with E-state index < -0.39 is 11.7 Å². The molecule has 3 rings (SSSR count). The molecular weight excluding hydrogens is 371 g/mol. The van der Waals surface area contributed by atoms with Crippen molar-refractivity contribution in [1.82, 2.24) is 15.2 Å². The van der Waals surface area contributed by atoms with Gasteiger partial charge in [0.05, 0.1) is 5.56 Å². The van der Waals surface area contributed by atoms with Gasteiger partial charge in [-0.3, -0.25) is 9.89 Å². The highest BCUT2D eigenvalue weighted by Crippen LogP contribution is 2.33. The summed E-state index contributed by atoms with van der Waals surface area (Å²) in [5.74, 6) is 2.05. The highest BCUT2D eigenvalue weighted by Gasteiger charge is 2.30. The third kappa shape index (κ3) is 4.88. The van der Waals surface area contributed by atoms with Crippen LogP contribution in [0, 0.1) is 0 Å². The molecule has 138 valence electrons. The maximum absolute atomic E-state index is 12.8. The quantitative estimate of drug-likeness (QED) is 0.505. The van der Waals surface area contributed by atoms with E-state index in [-0.39, 0.29) is 6.47 Å². The largest absolute Gasteiger partial charge is 0.483 e. The van der Waals surface area contributed by atoms with Gasteiger partial charge in [0.2, 0.25) is 5.16 Å². The van der Waals surface area contributed by atoms with Gasteiger partial charge in [-0.25, -0.2) is 0 Å². The van der Waals surface area contributed by atoms with E-state index in [2.05, 4.69) is 15.2 Å². The molecule has 0 fully saturated rings. The first kappa shape index (κ1) is 19.6. The van der Waals surface area contributed by atoms with Crippen molar-refractivity contribution in [2.45, 2.75) is 18.3 Å². The lowest BCUT2D eigenvalue weighted by Gasteiger charge is -2.07. The number of nitrogens with one attached hydrogen (secondary N) is 1. The predicted molar refractivity (Wildman–Crippen MR) is 89.6 cm³/mol. The van der Waals surface area contributed by atoms with Gasteiger partial charge in [0.15, 0.2) is 11.6 Å². The van der Waals surface area contributed by atoms with E-state index in [1.54, 1.807) is 18.2 Å². The first-order valence-electron chi connectivity index (χ1n) is 7.30. The third-order valence-corrected chi connectivity index (χ3v) is 3.78. The lowest BCUT2D eigenvalue weighted by molar-refractivity contribution is -0.137. The lowest BCUT2D eigenvalue weighted by atomic mass is 10.1. The molecule has 10 heteroatoms. The van der Waals surface area contributed by atoms with Gasteiger partial charge in [0, 0.05) is 5.56 Å². The molecule has 0 amide bonds. The van der Waals surface area contributed by atoms with Crippen molar-refractivity contribution in [3.05, 3.63) is 42.0 Å². The van der Waals surface area contributed by atoms with Crippen LogP contribution in [0.2, 0.25) is 0 Å². The number of hydrogen-bond acceptors (Lipinski definition) is 5. The molecule has 0 aliphatic carbocycles. The Kier molecular flexibility index (Phi) is 6.45. The maximum atomic E-state index is 12.8. The van der Waals surface area contributed by atoms with Crippen LogP contribution in [0.1, 0.15) is 12.5 Å². The first-order valence-corrected chi connectivity index (χ1v) is 8.28. The van der Waals surface area contributed by atoms with Crippen LogP contribution < -0.4 is 0 Å². The van der Waals surface area contributed by atoms with Gasteiger partial charge in [0.25, 0.3) is 6.47 Å². The molecule has 0 unspecified atom stereocenters. The number of benzene rings is 1. The molecule has 0 aliphatic heterocycles. The van der Waals surface area contributed by atoms with Crippen molar-refractivity contribution < 1.29 is 27.5 Å². The molecule has 2 aromatic heterocycles. The van der Waals surface area contributed by atoms with E-state index in [0.29, 0.717) is 28.1 Å². The van der Waals surface area contributed by atoms with E-state index in [1.165, 1.54) is 17.8 Å². The lowest BCUT2D eigenvalue weighted by Crippen LogP contribution is -2.04. The van der Waals surface area contributed by atoms with Crippen molar-refractivity contribution in [2.75, 3.05) is 5.75 Å². The Labute approximate surface area is 150 Å². The Morgan fingerprint density at radius 2 is 1.96 bits per heavy atom. The normalized spacial score (nSPS) is 10.9. The summed E-state index contributed by atoms with van der Waals surface area (Å²) in [5.41, 5.74) is -0.358. The minimum Gasteiger partial charge on any atom is -0.483 e. The Morgan fingerprint density at radius 3 is 2.62 bits per heavy atom. The Morgan fingerprint density at radius 1 is 1.27 bits per heavy atom. The molecule has 6 nitrogen and oxygen atoms in total. The summed E-state index contributed by atoms with van der Waals surface area (Å²) in [4.78, 5) is 12.6. The third-order valence-electron chi connectivity index (χ3n) is 3.05. The van der Waals surface area contributed by atoms with Crippen LogP contribution in [0.15, 0.2) is 46.0 Å². The van der Waals surface area contributed by atoms with Crippen LogP contribution in [-0.4, -0.2) is 32.5 Å². The number of aromatic amines is 1. The number of alkyl halides is 3. The smallest absolute Gasteiger partial charge is 0.416 e. The number of thioether (sulfide) groups is 1. The second-order valence-corrected chi connectivity index (χ2v) is 5.98. The standard InChI is InChI=1S/C15H12F3N3OS.CH2O2/c1-2-23-14-19-13(20-21-14)12-7-6-11(22-12)9-4-3-5-10(8-9)15(16,17)18;2-1-3/h3-8H,2H2,1H3,(H,19,20,21);1H,(H,2,3). The average Bonchev–Trinajstić information content (AvgIpc) is 3.24. The second kappa shape index (κ2) is 8.56. The number of halogens is 3. The molecule has 0 saturated carbocycles. The van der Waals surface area contributed by atoms with Gasteiger partial charge in [-0.15, -0.1) is 5.10 Å². The van der Waals surface area contributed by atoms with Crippen LogP contribution in [0.3, 0.4) is 0 Å². The molecule has 0 radical (unpaired) electrons. The molecule has 0 atom stereocenters. The molecule has 26 heavy (non-hydrogen) atoms. The Bertz CT molecular complexity index is 862. The number of aromatic nitrogens is 3. The molecule has 0 bridgehead atoms. The molecule has 0 aliphatic rings. The van der Waals surface area contributed by atoms with E-state index in [1.807, 2.05) is 6.92 Å². The summed E-state index contributed by atoms with van der Waals surface area (Å²) in [6, 6.07) is 8.26. The van der Waals surface area contributed by atoms with E-state index in [9.17, 15) is 13.2 Å². The van der Waals surface area contributed by atoms with E-state index in [0.717, 1.165) is 17.9 Å². The number of H-pyrrole nitrogens is 1. The van der Waals surface area contributed by atoms with Crippen LogP contribution in [0.4, 0.5) is 13.2 Å². The molecule has 3 aromatic rings. The van der Waals surface area contributed by atoms with Crippen molar-refractivity contribution in [3.8, 4) is 22.9 Å². The van der Waals surface area contributed by atoms with Crippen molar-refractivity contribution in [3.63, 3.8) is 0 Å². The monoisotopic (exact) mass is 385 g/mol. The first-order chi connectivity index (χ1) is 12.4. The maximum Gasteiger partial charge on any atom is 0.416 e. The fraction of sp³-hybridized carbons (Fsp3) is 0.188. The predicted octanol–water partition coefficient (Wildman–Crippen LogP) is 4.56. The molecule has 0 saturated heterocycles. The molecule has 2 heterocycles. The number of hydrogen-bond donors (Lipinski definition) is 2. The molecular formula is C16H14F3N3O3S. The number of carboxylic acid groups (broad SMARTS) is 1. The van der Waals surface area contributed by atoms with Crippen LogP contribution in [0.25, 0.3) is 22.9 Å². The zero-order valence-corrected chi connectivity index (χ0v) is 14.3. The highest BCUT2D eigenvalue weighted by molar-refractivity contribution is 7.99. The fourth-order valence-electron chi connectivity index (χ4n) is 2.02. The van der Waals surface area contributed by atoms with Crippen molar-refractivity contribution >= 4 is 18.2 Å². The fourth-order valence-corrected chi connectivity index (χ4v) is 2.54. The minimum atomic E-state index is -4.39. The van der Waals surface area contributed by atoms with Crippen LogP contribution >= 0.6 is 11.8 Å². The minimum absolute atomic E-state index is 0.250. The summed E-state index contributed by atoms with van der Waals surface area (Å²) in [6.45, 7) is 1.74. The summed E-state index contributed by atoms with van der Waals surface area (Å²) >= 11 is 1.48. The highest BCUT2D eigenvalue weighted by atomic mass is 32.2. The zero-order valence-electron chi connectivity index (χ0n) is 13.4. The van der Waals surface area contributed by atoms with E-state index in [4.69, 9.17) is 14.3 Å². The number of nitrogens with zero attached hydrogens (tertiary/aromatic N) is 2. The van der Waals surface area contributed by atoms with Gasteiger partial charge < -0.3 is 9.52 Å². The summed E-state index contributed by atoms with van der Waals surface area (Å²) in [5, 5.41) is 14.3. The number of rotatable bonds is 4. The van der Waals surface area contributed by atoms with Gasteiger partial charge >= 0.3 is 6.18 Å². The molecule has 2 N–H and O–H groups in total. The average molecular weight is 385 g/mol. The SMILES string of the molecule is CCSc1n[nH]c(-c2ccc(-c3cccc(C(F)(F)F)c3)o2)n1.O=CO. The van der Waals surface area contributed by atoms with Crippen molar-refractivity contribution in [1.29, 1.82) is 0 Å². The number of carbonyl (C=O) groups is 1. The van der Waals surface area contributed by atoms with Crippen LogP contribution in [0.5, 0.6) is 0 Å². The van der Waals surface area contributed by atoms with Crippen LogP contribution in [-0.2, 0) is 11.0 Å². The second-order valence-electron chi connectivity index (χ2n) is 4.75. The van der Waals surface area contributed by atoms with Gasteiger partial charge in [0.1, 0.15) is 5.76 Å². The van der Waals surface area contributed by atoms with Gasteiger partial charge in [-0.05, 0) is 30.0 Å². The van der Waals surface area contributed by atoms with E-state index >= 15 is 0 Å². The topological polar surface area (TPSA) is 92.0 Å². The zero-order chi connectivity index (χ0) is 19.2.